The largest absolute Gasteiger partial charge is 0.480 e. The van der Waals surface area contributed by atoms with E-state index < -0.39 is 23.7 Å². The van der Waals surface area contributed by atoms with Gasteiger partial charge >= 0.3 is 12.1 Å². The first-order chi connectivity index (χ1) is 8.20. The van der Waals surface area contributed by atoms with Crippen molar-refractivity contribution in [3.63, 3.8) is 0 Å². The van der Waals surface area contributed by atoms with Crippen LogP contribution < -0.4 is 4.90 Å². The van der Waals surface area contributed by atoms with Gasteiger partial charge in [0.2, 0.25) is 10.1 Å². The Hall–Kier alpha value is -1.38. The fourth-order valence-electron chi connectivity index (χ4n) is 1.27. The Morgan fingerprint density at radius 3 is 2.44 bits per heavy atom. The summed E-state index contributed by atoms with van der Waals surface area (Å²) in [6, 6.07) is 0. The molecule has 5 nitrogen and oxygen atoms in total. The van der Waals surface area contributed by atoms with Gasteiger partial charge in [0.25, 0.3) is 0 Å². The second-order valence-electron chi connectivity index (χ2n) is 4.06. The number of carboxylic acids is 1. The summed E-state index contributed by atoms with van der Waals surface area (Å²) >= 11 is 0.347. The van der Waals surface area contributed by atoms with E-state index in [0.29, 0.717) is 17.9 Å². The summed E-state index contributed by atoms with van der Waals surface area (Å²) in [6.07, 6.45) is -4.55. The van der Waals surface area contributed by atoms with Crippen LogP contribution in [0.5, 0.6) is 0 Å². The standard InChI is InChI=1S/C9H12F3N3O2S/c1-5(2)3-15(4-6(16)17)8-14-13-7(18-8)9(10,11)12/h5H,3-4H2,1-2H3,(H,16,17). The van der Waals surface area contributed by atoms with Gasteiger partial charge in [0, 0.05) is 6.54 Å². The van der Waals surface area contributed by atoms with Gasteiger partial charge in [0.1, 0.15) is 6.54 Å². The lowest BCUT2D eigenvalue weighted by atomic mass is 10.2. The molecule has 1 rings (SSSR count). The summed E-state index contributed by atoms with van der Waals surface area (Å²) in [6.45, 7) is 3.57. The van der Waals surface area contributed by atoms with E-state index in [1.807, 2.05) is 13.8 Å². The lowest BCUT2D eigenvalue weighted by Gasteiger charge is -2.20. The zero-order valence-corrected chi connectivity index (χ0v) is 10.5. The Bertz CT molecular complexity index is 419. The van der Waals surface area contributed by atoms with Crippen LogP contribution in [-0.2, 0) is 11.0 Å². The van der Waals surface area contributed by atoms with Gasteiger partial charge in [-0.15, -0.1) is 10.2 Å². The van der Waals surface area contributed by atoms with Crippen molar-refractivity contribution in [2.45, 2.75) is 20.0 Å². The van der Waals surface area contributed by atoms with Gasteiger partial charge in [-0.1, -0.05) is 25.2 Å². The fraction of sp³-hybridized carbons (Fsp3) is 0.667. The molecule has 1 N–H and O–H groups in total. The van der Waals surface area contributed by atoms with Gasteiger partial charge in [-0.3, -0.25) is 4.79 Å². The summed E-state index contributed by atoms with van der Waals surface area (Å²) in [5.74, 6) is -1.03. The molecule has 1 aromatic rings. The highest BCUT2D eigenvalue weighted by Gasteiger charge is 2.36. The van der Waals surface area contributed by atoms with Gasteiger partial charge in [0.15, 0.2) is 0 Å². The highest BCUT2D eigenvalue weighted by molar-refractivity contribution is 7.15. The molecule has 102 valence electrons. The molecule has 0 aliphatic carbocycles. The van der Waals surface area contributed by atoms with Gasteiger partial charge in [-0.05, 0) is 5.92 Å². The number of rotatable bonds is 5. The Kier molecular flexibility index (Phi) is 4.49. The highest BCUT2D eigenvalue weighted by Crippen LogP contribution is 2.34. The molecule has 0 fully saturated rings. The molecule has 1 heterocycles. The zero-order chi connectivity index (χ0) is 13.9. The van der Waals surface area contributed by atoms with Crippen molar-refractivity contribution in [3.8, 4) is 0 Å². The van der Waals surface area contributed by atoms with E-state index in [0.717, 1.165) is 0 Å². The van der Waals surface area contributed by atoms with Crippen molar-refractivity contribution in [2.75, 3.05) is 18.0 Å². The number of carbonyl (C=O) groups is 1. The monoisotopic (exact) mass is 283 g/mol. The van der Waals surface area contributed by atoms with Crippen LogP contribution in [-0.4, -0.2) is 34.4 Å². The van der Waals surface area contributed by atoms with Crippen LogP contribution >= 0.6 is 11.3 Å². The summed E-state index contributed by atoms with van der Waals surface area (Å²) in [5.41, 5.74) is 0. The van der Waals surface area contributed by atoms with Crippen LogP contribution in [0.1, 0.15) is 18.9 Å². The van der Waals surface area contributed by atoms with E-state index in [4.69, 9.17) is 5.11 Å². The molecule has 0 aliphatic rings. The molecule has 0 aromatic carbocycles. The maximum Gasteiger partial charge on any atom is 0.445 e. The first-order valence-electron chi connectivity index (χ1n) is 5.07. The lowest BCUT2D eigenvalue weighted by Crippen LogP contribution is -2.32. The molecule has 0 atom stereocenters. The van der Waals surface area contributed by atoms with Crippen LogP contribution in [0.2, 0.25) is 0 Å². The second kappa shape index (κ2) is 5.51. The first-order valence-corrected chi connectivity index (χ1v) is 5.89. The number of aromatic nitrogens is 2. The van der Waals surface area contributed by atoms with E-state index in [2.05, 4.69) is 10.2 Å². The lowest BCUT2D eigenvalue weighted by molar-refractivity contribution is -0.138. The van der Waals surface area contributed by atoms with Crippen molar-refractivity contribution < 1.29 is 23.1 Å². The smallest absolute Gasteiger partial charge is 0.445 e. The van der Waals surface area contributed by atoms with Crippen molar-refractivity contribution in [1.82, 2.24) is 10.2 Å². The summed E-state index contributed by atoms with van der Waals surface area (Å²) in [4.78, 5) is 11.9. The summed E-state index contributed by atoms with van der Waals surface area (Å²) in [5, 5.41) is 14.0. The van der Waals surface area contributed by atoms with Crippen molar-refractivity contribution >= 4 is 22.4 Å². The normalized spacial score (nSPS) is 11.9. The SMILES string of the molecule is CC(C)CN(CC(=O)O)c1nnc(C(F)(F)F)s1. The molecule has 0 saturated heterocycles. The van der Waals surface area contributed by atoms with Crippen LogP contribution in [0.25, 0.3) is 0 Å². The number of nitrogens with zero attached hydrogens (tertiary/aromatic N) is 3. The Balaban J connectivity index is 2.91. The minimum absolute atomic E-state index is 0.0292. The van der Waals surface area contributed by atoms with Crippen molar-refractivity contribution in [2.24, 2.45) is 5.92 Å². The van der Waals surface area contributed by atoms with Crippen LogP contribution in [0, 0.1) is 5.92 Å². The van der Waals surface area contributed by atoms with Gasteiger partial charge in [-0.2, -0.15) is 13.2 Å². The Labute approximate surface area is 105 Å². The second-order valence-corrected chi connectivity index (χ2v) is 5.01. The molecule has 9 heteroatoms. The minimum atomic E-state index is -4.55. The minimum Gasteiger partial charge on any atom is -0.480 e. The van der Waals surface area contributed by atoms with Crippen LogP contribution in [0.4, 0.5) is 18.3 Å². The topological polar surface area (TPSA) is 66.3 Å². The third-order valence-corrected chi connectivity index (χ3v) is 2.87. The number of halogens is 3. The van der Waals surface area contributed by atoms with Crippen LogP contribution in [0.15, 0.2) is 0 Å². The number of anilines is 1. The van der Waals surface area contributed by atoms with Gasteiger partial charge in [-0.25, -0.2) is 0 Å². The molecule has 0 aliphatic heterocycles. The van der Waals surface area contributed by atoms with Gasteiger partial charge in [0.05, 0.1) is 0 Å². The molecule has 1 aromatic heterocycles. The van der Waals surface area contributed by atoms with E-state index in [1.54, 1.807) is 0 Å². The quantitative estimate of drug-likeness (QED) is 0.896. The van der Waals surface area contributed by atoms with Crippen molar-refractivity contribution in [3.05, 3.63) is 5.01 Å². The number of alkyl halides is 3. The maximum atomic E-state index is 12.4. The third-order valence-electron chi connectivity index (χ3n) is 1.84. The Morgan fingerprint density at radius 2 is 2.06 bits per heavy atom. The average molecular weight is 283 g/mol. The van der Waals surface area contributed by atoms with Crippen LogP contribution in [0.3, 0.4) is 0 Å². The molecule has 0 amide bonds. The Morgan fingerprint density at radius 1 is 1.44 bits per heavy atom. The van der Waals surface area contributed by atoms with E-state index in [-0.39, 0.29) is 11.0 Å². The van der Waals surface area contributed by atoms with E-state index in [9.17, 15) is 18.0 Å². The number of carboxylic acid groups (broad SMARTS) is 1. The predicted octanol–water partition coefficient (Wildman–Crippen LogP) is 2.10. The number of hydrogen-bond donors (Lipinski definition) is 1. The molecule has 0 spiro atoms. The zero-order valence-electron chi connectivity index (χ0n) is 9.73. The summed E-state index contributed by atoms with van der Waals surface area (Å²) < 4.78 is 37.1. The molecule has 0 bridgehead atoms. The number of aliphatic carboxylic acids is 1. The van der Waals surface area contributed by atoms with E-state index >= 15 is 0 Å². The molecular formula is C9H12F3N3O2S. The molecule has 18 heavy (non-hydrogen) atoms. The predicted molar refractivity (Wildman–Crippen MR) is 59.6 cm³/mol. The third kappa shape index (κ3) is 4.13. The molecule has 0 saturated carbocycles. The maximum absolute atomic E-state index is 12.4. The average Bonchev–Trinajstić information content (AvgIpc) is 2.62. The van der Waals surface area contributed by atoms with Crippen molar-refractivity contribution in [1.29, 1.82) is 0 Å². The molecule has 0 unspecified atom stereocenters. The summed E-state index contributed by atoms with van der Waals surface area (Å²) in [7, 11) is 0. The van der Waals surface area contributed by atoms with Gasteiger partial charge < -0.3 is 10.0 Å². The van der Waals surface area contributed by atoms with E-state index in [1.165, 1.54) is 4.90 Å². The highest BCUT2D eigenvalue weighted by atomic mass is 32.1. The first kappa shape index (κ1) is 14.7. The molecule has 0 radical (unpaired) electrons. The fourth-order valence-corrected chi connectivity index (χ4v) is 1.99. The number of hydrogen-bond acceptors (Lipinski definition) is 5. The molecular weight excluding hydrogens is 271 g/mol.